The molecule has 0 amide bonds. The number of hydrogen-bond donors (Lipinski definition) is 2. The molecule has 1 aliphatic carbocycles. The maximum Gasteiger partial charge on any atom is 0.0842 e. The summed E-state index contributed by atoms with van der Waals surface area (Å²) in [5, 5.41) is 24.1. The van der Waals surface area contributed by atoms with Gasteiger partial charge in [0.25, 0.3) is 0 Å². The minimum Gasteiger partial charge on any atom is -0.390 e. The third-order valence-corrected chi connectivity index (χ3v) is 5.53. The van der Waals surface area contributed by atoms with Crippen molar-refractivity contribution in [1.82, 2.24) is 0 Å². The van der Waals surface area contributed by atoms with E-state index in [9.17, 15) is 10.2 Å². The van der Waals surface area contributed by atoms with E-state index in [1.165, 1.54) is 29.3 Å². The lowest BCUT2D eigenvalue weighted by molar-refractivity contribution is -0.0261. The van der Waals surface area contributed by atoms with Gasteiger partial charge in [-0.2, -0.15) is 0 Å². The minimum absolute atomic E-state index is 0.281. The Hall–Kier alpha value is -0.900. The average Bonchev–Trinajstić information content (AvgIpc) is 2.91. The second-order valence-corrected chi connectivity index (χ2v) is 6.83. The third-order valence-electron chi connectivity index (χ3n) is 4.52. The number of thiophene rings is 1. The van der Waals surface area contributed by atoms with Gasteiger partial charge in [-0.05, 0) is 41.2 Å². The molecule has 2 atom stereocenters. The van der Waals surface area contributed by atoms with E-state index >= 15 is 0 Å². The number of rotatable bonds is 4. The molecule has 0 radical (unpaired) electrons. The Morgan fingerprint density at radius 2 is 1.85 bits per heavy atom. The Bertz CT molecular complexity index is 557. The fraction of sp³-hybridized carbons (Fsp3) is 0.529. The highest BCUT2D eigenvalue weighted by molar-refractivity contribution is 7.17. The largest absolute Gasteiger partial charge is 0.390 e. The van der Waals surface area contributed by atoms with E-state index < -0.39 is 12.2 Å². The van der Waals surface area contributed by atoms with Crippen LogP contribution in [0.1, 0.15) is 37.7 Å². The summed E-state index contributed by atoms with van der Waals surface area (Å²) in [6, 6.07) is 8.27. The van der Waals surface area contributed by atoms with Gasteiger partial charge in [0.15, 0.2) is 0 Å². The molecule has 3 heteroatoms. The summed E-state index contributed by atoms with van der Waals surface area (Å²) in [7, 11) is 0. The van der Waals surface area contributed by atoms with Gasteiger partial charge in [0.2, 0.25) is 0 Å². The molecule has 2 N–H and O–H groups in total. The topological polar surface area (TPSA) is 40.5 Å². The normalized spacial score (nSPS) is 20.1. The molecule has 108 valence electrons. The zero-order valence-electron chi connectivity index (χ0n) is 11.7. The molecule has 0 spiro atoms. The minimum atomic E-state index is -0.642. The van der Waals surface area contributed by atoms with Crippen molar-refractivity contribution in [2.75, 3.05) is 0 Å². The summed E-state index contributed by atoms with van der Waals surface area (Å²) in [5.41, 5.74) is 1.16. The molecule has 0 saturated heterocycles. The average molecular weight is 290 g/mol. The molecule has 20 heavy (non-hydrogen) atoms. The molecule has 0 aliphatic heterocycles. The van der Waals surface area contributed by atoms with Crippen LogP contribution in [0.5, 0.6) is 0 Å². The molecule has 1 aliphatic rings. The van der Waals surface area contributed by atoms with Crippen molar-refractivity contribution >= 4 is 21.4 Å². The first-order valence-electron chi connectivity index (χ1n) is 7.57. The van der Waals surface area contributed by atoms with Crippen molar-refractivity contribution in [3.05, 3.63) is 35.2 Å². The van der Waals surface area contributed by atoms with Crippen LogP contribution in [-0.2, 0) is 6.42 Å². The Labute approximate surface area is 124 Å². The lowest BCUT2D eigenvalue weighted by atomic mass is 9.82. The zero-order chi connectivity index (χ0) is 13.9. The Morgan fingerprint density at radius 3 is 2.65 bits per heavy atom. The van der Waals surface area contributed by atoms with Gasteiger partial charge in [-0.25, -0.2) is 0 Å². The van der Waals surface area contributed by atoms with E-state index in [2.05, 4.69) is 17.5 Å². The summed E-state index contributed by atoms with van der Waals surface area (Å²) in [6.07, 6.45) is 5.11. The lowest BCUT2D eigenvalue weighted by Gasteiger charge is -2.29. The van der Waals surface area contributed by atoms with Gasteiger partial charge >= 0.3 is 0 Å². The summed E-state index contributed by atoms with van der Waals surface area (Å²) < 4.78 is 1.25. The summed E-state index contributed by atoms with van der Waals surface area (Å²) in [6.45, 7) is 0. The fourth-order valence-corrected chi connectivity index (χ4v) is 4.30. The smallest absolute Gasteiger partial charge is 0.0842 e. The Morgan fingerprint density at radius 1 is 1.10 bits per heavy atom. The van der Waals surface area contributed by atoms with Crippen LogP contribution in [0.3, 0.4) is 0 Å². The molecule has 1 saturated carbocycles. The first-order chi connectivity index (χ1) is 9.75. The summed E-state index contributed by atoms with van der Waals surface area (Å²) in [4.78, 5) is 0. The molecular formula is C17H22O2S. The maximum atomic E-state index is 10.4. The van der Waals surface area contributed by atoms with E-state index in [0.29, 0.717) is 6.42 Å². The summed E-state index contributed by atoms with van der Waals surface area (Å²) >= 11 is 1.71. The molecule has 1 heterocycles. The quantitative estimate of drug-likeness (QED) is 0.900. The second-order valence-electron chi connectivity index (χ2n) is 5.92. The van der Waals surface area contributed by atoms with E-state index in [-0.39, 0.29) is 5.92 Å². The van der Waals surface area contributed by atoms with E-state index in [1.807, 2.05) is 12.1 Å². The standard InChI is InChI=1S/C17H22O2S/c18-15(17(19)12-6-2-1-3-7-12)10-13-11-20-16-9-5-4-8-14(13)16/h4-5,8-9,11-12,15,17-19H,1-3,6-7,10H2. The molecular weight excluding hydrogens is 268 g/mol. The van der Waals surface area contributed by atoms with Crippen LogP contribution in [0.15, 0.2) is 29.6 Å². The van der Waals surface area contributed by atoms with E-state index in [0.717, 1.165) is 18.4 Å². The number of hydrogen-bond acceptors (Lipinski definition) is 3. The van der Waals surface area contributed by atoms with Gasteiger partial charge in [-0.15, -0.1) is 11.3 Å². The van der Waals surface area contributed by atoms with Gasteiger partial charge in [-0.1, -0.05) is 37.5 Å². The molecule has 1 aromatic heterocycles. The predicted molar refractivity (Wildman–Crippen MR) is 84.1 cm³/mol. The van der Waals surface area contributed by atoms with Crippen molar-refractivity contribution in [2.45, 2.75) is 50.7 Å². The Balaban J connectivity index is 1.70. The lowest BCUT2D eigenvalue weighted by Crippen LogP contribution is -2.36. The molecule has 2 unspecified atom stereocenters. The number of aliphatic hydroxyl groups is 2. The van der Waals surface area contributed by atoms with Crippen LogP contribution in [-0.4, -0.2) is 22.4 Å². The first kappa shape index (κ1) is 14.1. The van der Waals surface area contributed by atoms with Crippen LogP contribution in [0.4, 0.5) is 0 Å². The number of aliphatic hydroxyl groups excluding tert-OH is 2. The van der Waals surface area contributed by atoms with Gasteiger partial charge in [0.05, 0.1) is 12.2 Å². The highest BCUT2D eigenvalue weighted by atomic mass is 32.1. The molecule has 0 bridgehead atoms. The van der Waals surface area contributed by atoms with Crippen molar-refractivity contribution in [2.24, 2.45) is 5.92 Å². The van der Waals surface area contributed by atoms with Crippen LogP contribution in [0, 0.1) is 5.92 Å². The number of fused-ring (bicyclic) bond motifs is 1. The van der Waals surface area contributed by atoms with Gasteiger partial charge < -0.3 is 10.2 Å². The molecule has 1 aromatic carbocycles. The highest BCUT2D eigenvalue weighted by Gasteiger charge is 2.28. The van der Waals surface area contributed by atoms with Crippen molar-refractivity contribution in [3.63, 3.8) is 0 Å². The highest BCUT2D eigenvalue weighted by Crippen LogP contribution is 2.31. The van der Waals surface area contributed by atoms with Crippen LogP contribution in [0.25, 0.3) is 10.1 Å². The summed E-state index contributed by atoms with van der Waals surface area (Å²) in [5.74, 6) is 0.281. The fourth-order valence-electron chi connectivity index (χ4n) is 3.33. The first-order valence-corrected chi connectivity index (χ1v) is 8.45. The SMILES string of the molecule is OC(Cc1csc2ccccc12)C(O)C1CCCCC1. The molecule has 2 aromatic rings. The molecule has 2 nitrogen and oxygen atoms in total. The van der Waals surface area contributed by atoms with Gasteiger partial charge in [0, 0.05) is 11.1 Å². The van der Waals surface area contributed by atoms with Crippen LogP contribution < -0.4 is 0 Å². The third kappa shape index (κ3) is 2.90. The zero-order valence-corrected chi connectivity index (χ0v) is 12.5. The number of benzene rings is 1. The van der Waals surface area contributed by atoms with Crippen LogP contribution in [0.2, 0.25) is 0 Å². The van der Waals surface area contributed by atoms with E-state index in [1.54, 1.807) is 11.3 Å². The Kier molecular flexibility index (Phi) is 4.39. The van der Waals surface area contributed by atoms with Gasteiger partial charge in [-0.3, -0.25) is 0 Å². The van der Waals surface area contributed by atoms with Crippen molar-refractivity contribution < 1.29 is 10.2 Å². The maximum absolute atomic E-state index is 10.4. The van der Waals surface area contributed by atoms with Crippen molar-refractivity contribution in [3.8, 4) is 0 Å². The monoisotopic (exact) mass is 290 g/mol. The molecule has 1 fully saturated rings. The van der Waals surface area contributed by atoms with Crippen molar-refractivity contribution in [1.29, 1.82) is 0 Å². The molecule has 3 rings (SSSR count). The van der Waals surface area contributed by atoms with Gasteiger partial charge in [0.1, 0.15) is 0 Å². The van der Waals surface area contributed by atoms with Crippen LogP contribution >= 0.6 is 11.3 Å². The predicted octanol–water partition coefficient (Wildman–Crippen LogP) is 3.75. The van der Waals surface area contributed by atoms with E-state index in [4.69, 9.17) is 0 Å². The second kappa shape index (κ2) is 6.25.